The SMILES string of the molecule is O=C(NCCn1cnc(C(=O)O)c1)NCc1nccs1. The van der Waals surface area contributed by atoms with Crippen molar-refractivity contribution in [3.8, 4) is 0 Å². The molecule has 9 heteroatoms. The lowest BCUT2D eigenvalue weighted by atomic mass is 10.5. The first-order valence-corrected chi connectivity index (χ1v) is 6.68. The zero-order valence-electron chi connectivity index (χ0n) is 10.4. The molecule has 2 amide bonds. The standard InChI is InChI=1S/C11H13N5O3S/c17-10(18)8-6-16(7-15-8)3-1-13-11(19)14-5-9-12-2-4-20-9/h2,4,6-7H,1,3,5H2,(H,17,18)(H2,13,14,19). The summed E-state index contributed by atoms with van der Waals surface area (Å²) >= 11 is 1.47. The van der Waals surface area contributed by atoms with Crippen LogP contribution in [0.3, 0.4) is 0 Å². The molecular formula is C11H13N5O3S. The second-order valence-electron chi connectivity index (χ2n) is 3.84. The van der Waals surface area contributed by atoms with E-state index in [1.54, 1.807) is 10.8 Å². The van der Waals surface area contributed by atoms with Crippen LogP contribution in [0.5, 0.6) is 0 Å². The van der Waals surface area contributed by atoms with Crippen LogP contribution in [0.25, 0.3) is 0 Å². The maximum absolute atomic E-state index is 11.5. The fourth-order valence-corrected chi connectivity index (χ4v) is 2.01. The highest BCUT2D eigenvalue weighted by molar-refractivity contribution is 7.09. The summed E-state index contributed by atoms with van der Waals surface area (Å²) in [4.78, 5) is 29.9. The summed E-state index contributed by atoms with van der Waals surface area (Å²) in [6.45, 7) is 1.21. The van der Waals surface area contributed by atoms with E-state index in [4.69, 9.17) is 5.11 Å². The number of carbonyl (C=O) groups is 2. The summed E-state index contributed by atoms with van der Waals surface area (Å²) in [6.07, 6.45) is 4.51. The Labute approximate surface area is 118 Å². The third-order valence-corrected chi connectivity index (χ3v) is 3.17. The first kappa shape index (κ1) is 14.0. The van der Waals surface area contributed by atoms with Crippen LogP contribution in [-0.2, 0) is 13.1 Å². The van der Waals surface area contributed by atoms with Crippen molar-refractivity contribution in [3.05, 3.63) is 34.8 Å². The highest BCUT2D eigenvalue weighted by Gasteiger charge is 2.06. The van der Waals surface area contributed by atoms with Crippen LogP contribution >= 0.6 is 11.3 Å². The molecule has 0 atom stereocenters. The third-order valence-electron chi connectivity index (χ3n) is 2.39. The van der Waals surface area contributed by atoms with Crippen molar-refractivity contribution in [2.45, 2.75) is 13.1 Å². The Balaban J connectivity index is 1.67. The number of amides is 2. The molecule has 0 unspecified atom stereocenters. The maximum Gasteiger partial charge on any atom is 0.356 e. The molecule has 0 aromatic carbocycles. The smallest absolute Gasteiger partial charge is 0.356 e. The van der Waals surface area contributed by atoms with Crippen LogP contribution in [0.1, 0.15) is 15.5 Å². The molecule has 0 fully saturated rings. The lowest BCUT2D eigenvalue weighted by Gasteiger charge is -2.06. The molecule has 2 aromatic rings. The fourth-order valence-electron chi connectivity index (χ4n) is 1.45. The first-order valence-electron chi connectivity index (χ1n) is 5.80. The minimum atomic E-state index is -1.07. The molecule has 8 nitrogen and oxygen atoms in total. The van der Waals surface area contributed by atoms with Crippen molar-refractivity contribution in [3.63, 3.8) is 0 Å². The van der Waals surface area contributed by atoms with E-state index < -0.39 is 5.97 Å². The van der Waals surface area contributed by atoms with Crippen molar-refractivity contribution in [1.82, 2.24) is 25.2 Å². The molecular weight excluding hydrogens is 282 g/mol. The van der Waals surface area contributed by atoms with Gasteiger partial charge in [-0.15, -0.1) is 11.3 Å². The minimum absolute atomic E-state index is 0.0155. The Bertz CT molecular complexity index is 581. The van der Waals surface area contributed by atoms with Crippen LogP contribution in [-0.4, -0.2) is 38.2 Å². The summed E-state index contributed by atoms with van der Waals surface area (Å²) < 4.78 is 1.60. The van der Waals surface area contributed by atoms with Gasteiger partial charge in [-0.1, -0.05) is 0 Å². The third kappa shape index (κ3) is 4.05. The Morgan fingerprint density at radius 3 is 2.85 bits per heavy atom. The summed E-state index contributed by atoms with van der Waals surface area (Å²) in [5, 5.41) is 16.7. The Kier molecular flexibility index (Phi) is 4.66. The van der Waals surface area contributed by atoms with E-state index in [0.29, 0.717) is 19.6 Å². The van der Waals surface area contributed by atoms with Gasteiger partial charge in [0.25, 0.3) is 0 Å². The van der Waals surface area contributed by atoms with Gasteiger partial charge in [-0.25, -0.2) is 19.6 Å². The van der Waals surface area contributed by atoms with Gasteiger partial charge in [0.2, 0.25) is 0 Å². The van der Waals surface area contributed by atoms with Crippen molar-refractivity contribution in [2.75, 3.05) is 6.54 Å². The predicted molar refractivity (Wildman–Crippen MR) is 71.5 cm³/mol. The van der Waals surface area contributed by atoms with E-state index in [0.717, 1.165) is 5.01 Å². The summed E-state index contributed by atoms with van der Waals surface area (Å²) in [7, 11) is 0. The number of aromatic carboxylic acids is 1. The van der Waals surface area contributed by atoms with E-state index in [1.807, 2.05) is 5.38 Å². The number of carboxylic acids is 1. The molecule has 0 saturated heterocycles. The average molecular weight is 295 g/mol. The topological polar surface area (TPSA) is 109 Å². The molecule has 106 valence electrons. The first-order chi connectivity index (χ1) is 9.65. The number of rotatable bonds is 6. The van der Waals surface area contributed by atoms with Crippen LogP contribution in [0.4, 0.5) is 4.79 Å². The number of carboxylic acid groups (broad SMARTS) is 1. The second-order valence-corrected chi connectivity index (χ2v) is 4.82. The zero-order valence-corrected chi connectivity index (χ0v) is 11.3. The number of urea groups is 1. The van der Waals surface area contributed by atoms with Gasteiger partial charge in [-0.05, 0) is 0 Å². The number of hydrogen-bond donors (Lipinski definition) is 3. The van der Waals surface area contributed by atoms with Gasteiger partial charge < -0.3 is 20.3 Å². The van der Waals surface area contributed by atoms with Crippen LogP contribution < -0.4 is 10.6 Å². The number of hydrogen-bond acceptors (Lipinski definition) is 5. The molecule has 0 aliphatic carbocycles. The van der Waals surface area contributed by atoms with Crippen LogP contribution in [0.15, 0.2) is 24.1 Å². The lowest BCUT2D eigenvalue weighted by molar-refractivity contribution is 0.0691. The van der Waals surface area contributed by atoms with Crippen molar-refractivity contribution < 1.29 is 14.7 Å². The van der Waals surface area contributed by atoms with E-state index in [9.17, 15) is 9.59 Å². The number of nitrogens with one attached hydrogen (secondary N) is 2. The molecule has 0 aliphatic rings. The van der Waals surface area contributed by atoms with Crippen molar-refractivity contribution in [2.24, 2.45) is 0 Å². The molecule has 0 spiro atoms. The molecule has 0 bridgehead atoms. The van der Waals surface area contributed by atoms with Crippen LogP contribution in [0, 0.1) is 0 Å². The van der Waals surface area contributed by atoms with Gasteiger partial charge in [0, 0.05) is 30.9 Å². The average Bonchev–Trinajstić information content (AvgIpc) is 3.07. The molecule has 20 heavy (non-hydrogen) atoms. The molecule has 2 heterocycles. The molecule has 2 rings (SSSR count). The zero-order chi connectivity index (χ0) is 14.4. The highest BCUT2D eigenvalue weighted by Crippen LogP contribution is 2.02. The van der Waals surface area contributed by atoms with E-state index in [-0.39, 0.29) is 11.7 Å². The quantitative estimate of drug-likeness (QED) is 0.720. The number of nitrogens with zero attached hydrogens (tertiary/aromatic N) is 3. The van der Waals surface area contributed by atoms with Gasteiger partial charge >= 0.3 is 12.0 Å². The largest absolute Gasteiger partial charge is 0.476 e. The van der Waals surface area contributed by atoms with Crippen LogP contribution in [0.2, 0.25) is 0 Å². The minimum Gasteiger partial charge on any atom is -0.476 e. The van der Waals surface area contributed by atoms with Gasteiger partial charge in [0.1, 0.15) is 5.01 Å². The Hall–Kier alpha value is -2.42. The number of thiazole rings is 1. The van der Waals surface area contributed by atoms with Gasteiger partial charge in [-0.3, -0.25) is 0 Å². The Morgan fingerprint density at radius 1 is 1.35 bits per heavy atom. The van der Waals surface area contributed by atoms with E-state index in [1.165, 1.54) is 23.9 Å². The highest BCUT2D eigenvalue weighted by atomic mass is 32.1. The number of aromatic nitrogens is 3. The number of imidazole rings is 1. The summed E-state index contributed by atoms with van der Waals surface area (Å²) in [5.74, 6) is -1.07. The van der Waals surface area contributed by atoms with Gasteiger partial charge in [0.05, 0.1) is 12.9 Å². The maximum atomic E-state index is 11.5. The summed E-state index contributed by atoms with van der Waals surface area (Å²) in [5.41, 5.74) is -0.0155. The van der Waals surface area contributed by atoms with Crippen molar-refractivity contribution >= 4 is 23.3 Å². The lowest BCUT2D eigenvalue weighted by Crippen LogP contribution is -2.36. The molecule has 0 saturated carbocycles. The van der Waals surface area contributed by atoms with Gasteiger partial charge in [-0.2, -0.15) is 0 Å². The molecule has 0 radical (unpaired) electrons. The monoisotopic (exact) mass is 295 g/mol. The van der Waals surface area contributed by atoms with Crippen molar-refractivity contribution in [1.29, 1.82) is 0 Å². The fraction of sp³-hybridized carbons (Fsp3) is 0.273. The molecule has 3 N–H and O–H groups in total. The molecule has 0 aliphatic heterocycles. The summed E-state index contributed by atoms with van der Waals surface area (Å²) in [6, 6.07) is -0.293. The van der Waals surface area contributed by atoms with Gasteiger partial charge in [0.15, 0.2) is 5.69 Å². The molecule has 2 aromatic heterocycles. The Morgan fingerprint density at radius 2 is 2.20 bits per heavy atom. The number of carbonyl (C=O) groups excluding carboxylic acids is 1. The normalized spacial score (nSPS) is 10.2. The predicted octanol–water partition coefficient (Wildman–Crippen LogP) is 0.537. The van der Waals surface area contributed by atoms with E-state index in [2.05, 4.69) is 20.6 Å². The van der Waals surface area contributed by atoms with E-state index >= 15 is 0 Å². The second kappa shape index (κ2) is 6.66.